The molecule has 1 rings (SSSR count). The number of methoxy groups -OCH3 is 1. The lowest BCUT2D eigenvalue weighted by atomic mass is 10.3. The minimum absolute atomic E-state index is 0.165. The van der Waals surface area contributed by atoms with Crippen molar-refractivity contribution in [3.05, 3.63) is 24.3 Å². The standard InChI is InChI=1S/C8H9NO5S/c1-13-6-2-4-7(5-3-6)15(11,12)14-8(9)10/h2-5H,1H3,(H2,9,10). The monoisotopic (exact) mass is 231 g/mol. The molecule has 2 N–H and O–H groups in total. The van der Waals surface area contributed by atoms with Gasteiger partial charge in [0.1, 0.15) is 10.6 Å². The van der Waals surface area contributed by atoms with Crippen LogP contribution in [-0.4, -0.2) is 21.6 Å². The van der Waals surface area contributed by atoms with E-state index in [1.807, 2.05) is 0 Å². The van der Waals surface area contributed by atoms with Crippen molar-refractivity contribution < 1.29 is 22.1 Å². The smallest absolute Gasteiger partial charge is 0.420 e. The first-order chi connectivity index (χ1) is 6.95. The van der Waals surface area contributed by atoms with E-state index in [2.05, 4.69) is 9.92 Å². The molecule has 1 amide bonds. The maximum atomic E-state index is 11.3. The predicted octanol–water partition coefficient (Wildman–Crippen LogP) is 0.479. The van der Waals surface area contributed by atoms with Crippen LogP contribution in [0.4, 0.5) is 4.79 Å². The number of hydrogen-bond donors (Lipinski definition) is 1. The van der Waals surface area contributed by atoms with Crippen molar-refractivity contribution in [3.8, 4) is 5.75 Å². The lowest BCUT2D eigenvalue weighted by Gasteiger charge is -2.03. The first-order valence-corrected chi connectivity index (χ1v) is 5.24. The Morgan fingerprint density at radius 3 is 2.20 bits per heavy atom. The summed E-state index contributed by atoms with van der Waals surface area (Å²) in [5, 5.41) is 0. The summed E-state index contributed by atoms with van der Waals surface area (Å²) in [5.74, 6) is 0.494. The molecular weight excluding hydrogens is 222 g/mol. The lowest BCUT2D eigenvalue weighted by molar-refractivity contribution is 0.212. The third-order valence-corrected chi connectivity index (χ3v) is 2.77. The maximum Gasteiger partial charge on any atom is 0.420 e. The summed E-state index contributed by atoms with van der Waals surface area (Å²) in [5.41, 5.74) is 4.61. The second kappa shape index (κ2) is 4.18. The van der Waals surface area contributed by atoms with Gasteiger partial charge in [-0.05, 0) is 24.3 Å². The summed E-state index contributed by atoms with van der Waals surface area (Å²) in [6, 6.07) is 5.35. The second-order valence-electron chi connectivity index (χ2n) is 2.53. The van der Waals surface area contributed by atoms with Gasteiger partial charge in [0.2, 0.25) is 0 Å². The van der Waals surface area contributed by atoms with Gasteiger partial charge in [-0.1, -0.05) is 0 Å². The van der Waals surface area contributed by atoms with Gasteiger partial charge in [0.25, 0.3) is 0 Å². The Hall–Kier alpha value is -1.76. The number of benzene rings is 1. The zero-order chi connectivity index (χ0) is 11.5. The van der Waals surface area contributed by atoms with Gasteiger partial charge in [-0.15, -0.1) is 0 Å². The maximum absolute atomic E-state index is 11.3. The highest BCUT2D eigenvalue weighted by Crippen LogP contribution is 2.17. The van der Waals surface area contributed by atoms with Gasteiger partial charge in [-0.3, -0.25) is 0 Å². The van der Waals surface area contributed by atoms with E-state index in [1.165, 1.54) is 31.4 Å². The molecule has 1 aromatic rings. The molecule has 1 aromatic carbocycles. The first-order valence-electron chi connectivity index (χ1n) is 3.83. The van der Waals surface area contributed by atoms with E-state index in [1.54, 1.807) is 0 Å². The lowest BCUT2D eigenvalue weighted by Crippen LogP contribution is -2.18. The molecule has 0 heterocycles. The summed E-state index contributed by atoms with van der Waals surface area (Å²) >= 11 is 0. The molecule has 0 fully saturated rings. The van der Waals surface area contributed by atoms with E-state index in [9.17, 15) is 13.2 Å². The van der Waals surface area contributed by atoms with Gasteiger partial charge in [0, 0.05) is 0 Å². The molecule has 6 nitrogen and oxygen atoms in total. The van der Waals surface area contributed by atoms with Crippen molar-refractivity contribution in [2.75, 3.05) is 7.11 Å². The van der Waals surface area contributed by atoms with Crippen LogP contribution in [0.15, 0.2) is 29.2 Å². The molecule has 82 valence electrons. The molecule has 0 aliphatic carbocycles. The summed E-state index contributed by atoms with van der Waals surface area (Å²) in [6.07, 6.45) is -1.37. The van der Waals surface area contributed by atoms with Gasteiger partial charge < -0.3 is 14.7 Å². The molecular formula is C8H9NO5S. The van der Waals surface area contributed by atoms with Crippen LogP contribution in [0.5, 0.6) is 5.75 Å². The molecule has 0 unspecified atom stereocenters. The number of carbonyl (C=O) groups is 1. The minimum Gasteiger partial charge on any atom is -0.497 e. The topological polar surface area (TPSA) is 95.7 Å². The molecule has 0 bridgehead atoms. The number of hydrogen-bond acceptors (Lipinski definition) is 5. The van der Waals surface area contributed by atoms with Crippen molar-refractivity contribution in [1.29, 1.82) is 0 Å². The fourth-order valence-electron chi connectivity index (χ4n) is 0.899. The molecule has 0 atom stereocenters. The Bertz CT molecular complexity index is 450. The molecule has 0 radical (unpaired) electrons. The van der Waals surface area contributed by atoms with Gasteiger partial charge in [0.05, 0.1) is 7.11 Å². The SMILES string of the molecule is COc1ccc(S(=O)(=O)OC(N)=O)cc1. The Balaban J connectivity index is 3.01. The van der Waals surface area contributed by atoms with E-state index < -0.39 is 16.2 Å². The van der Waals surface area contributed by atoms with Crippen LogP contribution in [0.2, 0.25) is 0 Å². The summed E-state index contributed by atoms with van der Waals surface area (Å²) < 4.78 is 31.4. The van der Waals surface area contributed by atoms with Crippen molar-refractivity contribution in [1.82, 2.24) is 0 Å². The third-order valence-electron chi connectivity index (χ3n) is 1.54. The van der Waals surface area contributed by atoms with Crippen LogP contribution in [0.25, 0.3) is 0 Å². The van der Waals surface area contributed by atoms with Crippen LogP contribution in [0.3, 0.4) is 0 Å². The molecule has 0 spiro atoms. The Morgan fingerprint density at radius 2 is 1.80 bits per heavy atom. The van der Waals surface area contributed by atoms with Gasteiger partial charge in [-0.2, -0.15) is 8.42 Å². The highest BCUT2D eigenvalue weighted by atomic mass is 32.2. The largest absolute Gasteiger partial charge is 0.497 e. The highest BCUT2D eigenvalue weighted by Gasteiger charge is 2.17. The van der Waals surface area contributed by atoms with Gasteiger partial charge in [-0.25, -0.2) is 4.79 Å². The molecule has 15 heavy (non-hydrogen) atoms. The second-order valence-corrected chi connectivity index (χ2v) is 4.08. The summed E-state index contributed by atoms with van der Waals surface area (Å²) in [4.78, 5) is 10.1. The highest BCUT2D eigenvalue weighted by molar-refractivity contribution is 7.87. The van der Waals surface area contributed by atoms with Gasteiger partial charge in [0.15, 0.2) is 0 Å². The molecule has 0 saturated carbocycles. The Morgan fingerprint density at radius 1 is 1.27 bits per heavy atom. The normalized spacial score (nSPS) is 10.7. The molecule has 0 aliphatic rings. The quantitative estimate of drug-likeness (QED) is 0.763. The first kappa shape index (κ1) is 11.3. The van der Waals surface area contributed by atoms with Crippen molar-refractivity contribution in [2.45, 2.75) is 4.90 Å². The average Bonchev–Trinajstić information content (AvgIpc) is 2.16. The number of carbonyl (C=O) groups excluding carboxylic acids is 1. The average molecular weight is 231 g/mol. The van der Waals surface area contributed by atoms with Crippen molar-refractivity contribution in [3.63, 3.8) is 0 Å². The van der Waals surface area contributed by atoms with Crippen LogP contribution in [0, 0.1) is 0 Å². The van der Waals surface area contributed by atoms with Crippen LogP contribution in [0.1, 0.15) is 0 Å². The Kier molecular flexibility index (Phi) is 3.15. The minimum atomic E-state index is -4.11. The number of ether oxygens (including phenoxy) is 1. The number of nitrogens with two attached hydrogens (primary N) is 1. The van der Waals surface area contributed by atoms with E-state index in [-0.39, 0.29) is 4.90 Å². The molecule has 0 saturated heterocycles. The molecule has 7 heteroatoms. The van der Waals surface area contributed by atoms with Crippen LogP contribution >= 0.6 is 0 Å². The van der Waals surface area contributed by atoms with E-state index in [0.717, 1.165) is 0 Å². The van der Waals surface area contributed by atoms with E-state index >= 15 is 0 Å². The van der Waals surface area contributed by atoms with Crippen LogP contribution < -0.4 is 10.5 Å². The number of primary amides is 1. The van der Waals surface area contributed by atoms with E-state index in [4.69, 9.17) is 4.74 Å². The fourth-order valence-corrected chi connectivity index (χ4v) is 1.68. The predicted molar refractivity (Wildman–Crippen MR) is 50.8 cm³/mol. The molecule has 0 aliphatic heterocycles. The van der Waals surface area contributed by atoms with Gasteiger partial charge >= 0.3 is 16.2 Å². The summed E-state index contributed by atoms with van der Waals surface area (Å²) in [7, 11) is -2.67. The third kappa shape index (κ3) is 2.84. The van der Waals surface area contributed by atoms with E-state index in [0.29, 0.717) is 5.75 Å². The fraction of sp³-hybridized carbons (Fsp3) is 0.125. The van der Waals surface area contributed by atoms with Crippen molar-refractivity contribution >= 4 is 16.2 Å². The zero-order valence-electron chi connectivity index (χ0n) is 7.84. The summed E-state index contributed by atoms with van der Waals surface area (Å²) in [6.45, 7) is 0. The molecule has 0 aromatic heterocycles. The number of rotatable bonds is 3. The Labute approximate surface area is 86.7 Å². The van der Waals surface area contributed by atoms with Crippen LogP contribution in [-0.2, 0) is 14.3 Å². The number of amides is 1. The zero-order valence-corrected chi connectivity index (χ0v) is 8.65. The van der Waals surface area contributed by atoms with Crippen molar-refractivity contribution in [2.24, 2.45) is 5.73 Å².